The van der Waals surface area contributed by atoms with Crippen LogP contribution in [-0.4, -0.2) is 33.0 Å². The topological polar surface area (TPSA) is 49.4 Å². The van der Waals surface area contributed by atoms with Gasteiger partial charge in [0.15, 0.2) is 0 Å². The lowest BCUT2D eigenvalue weighted by molar-refractivity contribution is 0.314. The average Bonchev–Trinajstić information content (AvgIpc) is 2.24. The number of rotatable bonds is 1. The Hall–Kier alpha value is -0.910. The highest BCUT2D eigenvalue weighted by atomic mass is 32.2. The molecule has 1 aromatic rings. The lowest BCUT2D eigenvalue weighted by Gasteiger charge is -2.32. The molecule has 5 heteroatoms. The fourth-order valence-electron chi connectivity index (χ4n) is 1.87. The minimum atomic E-state index is -3.31. The van der Waals surface area contributed by atoms with Gasteiger partial charge in [-0.2, -0.15) is 4.31 Å². The Balaban J connectivity index is 2.59. The van der Waals surface area contributed by atoms with E-state index < -0.39 is 10.0 Å². The lowest BCUT2D eigenvalue weighted by Crippen LogP contribution is -2.49. The van der Waals surface area contributed by atoms with Crippen molar-refractivity contribution in [1.29, 1.82) is 0 Å². The molecule has 15 heavy (non-hydrogen) atoms. The molecule has 1 atom stereocenters. The van der Waals surface area contributed by atoms with Crippen LogP contribution in [0.3, 0.4) is 0 Å². The first-order chi connectivity index (χ1) is 7.07. The van der Waals surface area contributed by atoms with Gasteiger partial charge in [0.2, 0.25) is 10.0 Å². The molecule has 1 aliphatic heterocycles. The van der Waals surface area contributed by atoms with Crippen LogP contribution in [0, 0.1) is 0 Å². The Kier molecular flexibility index (Phi) is 2.54. The minimum Gasteiger partial charge on any atom is -0.304 e. The zero-order chi connectivity index (χ0) is 11.1. The van der Waals surface area contributed by atoms with Gasteiger partial charge in [0.1, 0.15) is 0 Å². The van der Waals surface area contributed by atoms with Crippen molar-refractivity contribution in [1.82, 2.24) is 9.62 Å². The van der Waals surface area contributed by atoms with Gasteiger partial charge in [-0.25, -0.2) is 8.42 Å². The summed E-state index contributed by atoms with van der Waals surface area (Å²) in [5.41, 5.74) is 0.884. The van der Waals surface area contributed by atoms with Gasteiger partial charge in [-0.05, 0) is 18.7 Å². The highest BCUT2D eigenvalue weighted by Crippen LogP contribution is 2.27. The Morgan fingerprint density at radius 3 is 2.73 bits per heavy atom. The molecule has 1 aliphatic rings. The molecule has 1 N–H and O–H groups in total. The van der Waals surface area contributed by atoms with E-state index in [0.717, 1.165) is 5.56 Å². The number of fused-ring (bicyclic) bond motifs is 1. The summed E-state index contributed by atoms with van der Waals surface area (Å²) >= 11 is 0. The van der Waals surface area contributed by atoms with E-state index in [1.54, 1.807) is 26.2 Å². The molecule has 0 aromatic heterocycles. The monoisotopic (exact) mass is 226 g/mol. The number of hydrogen-bond acceptors (Lipinski definition) is 3. The van der Waals surface area contributed by atoms with Crippen LogP contribution in [0.5, 0.6) is 0 Å². The second kappa shape index (κ2) is 3.59. The maximum absolute atomic E-state index is 12.1. The third-order valence-electron chi connectivity index (χ3n) is 2.82. The van der Waals surface area contributed by atoms with E-state index in [4.69, 9.17) is 0 Å². The molecule has 0 saturated heterocycles. The standard InChI is InChI=1S/C10H14N2O2S/c1-11-10-7-8-5-3-4-6-9(8)15(13,14)12(10)2/h3-6,10-11H,7H2,1-2H3. The van der Waals surface area contributed by atoms with Gasteiger partial charge in [0.25, 0.3) is 0 Å². The molecule has 0 bridgehead atoms. The third-order valence-corrected chi connectivity index (χ3v) is 4.78. The van der Waals surface area contributed by atoms with Crippen LogP contribution in [0.4, 0.5) is 0 Å². The number of likely N-dealkylation sites (N-methyl/N-ethyl adjacent to an activating group) is 2. The van der Waals surface area contributed by atoms with Gasteiger partial charge >= 0.3 is 0 Å². The van der Waals surface area contributed by atoms with Gasteiger partial charge in [-0.15, -0.1) is 0 Å². The first-order valence-electron chi connectivity index (χ1n) is 4.80. The summed E-state index contributed by atoms with van der Waals surface area (Å²) in [6.45, 7) is 0. The maximum Gasteiger partial charge on any atom is 0.244 e. The quantitative estimate of drug-likeness (QED) is 0.754. The maximum atomic E-state index is 12.1. The average molecular weight is 226 g/mol. The van der Waals surface area contributed by atoms with E-state index in [1.165, 1.54) is 4.31 Å². The van der Waals surface area contributed by atoms with Crippen LogP contribution in [0.1, 0.15) is 5.56 Å². The van der Waals surface area contributed by atoms with Gasteiger partial charge in [-0.1, -0.05) is 18.2 Å². The van der Waals surface area contributed by atoms with Crippen LogP contribution in [0.15, 0.2) is 29.2 Å². The molecule has 2 rings (SSSR count). The van der Waals surface area contributed by atoms with E-state index in [1.807, 2.05) is 12.1 Å². The first-order valence-corrected chi connectivity index (χ1v) is 6.24. The van der Waals surface area contributed by atoms with E-state index in [-0.39, 0.29) is 6.17 Å². The van der Waals surface area contributed by atoms with Gasteiger partial charge in [0.05, 0.1) is 11.1 Å². The number of benzene rings is 1. The summed E-state index contributed by atoms with van der Waals surface area (Å²) < 4.78 is 25.5. The number of nitrogens with one attached hydrogen (secondary N) is 1. The summed E-state index contributed by atoms with van der Waals surface area (Å²) in [5.74, 6) is 0. The molecule has 0 spiro atoms. The normalized spacial score (nSPS) is 24.8. The molecule has 1 aromatic carbocycles. The van der Waals surface area contributed by atoms with Crippen molar-refractivity contribution in [2.24, 2.45) is 0 Å². The van der Waals surface area contributed by atoms with Crippen molar-refractivity contribution in [3.63, 3.8) is 0 Å². The predicted octanol–water partition coefficient (Wildman–Crippen LogP) is 0.409. The van der Waals surface area contributed by atoms with E-state index in [9.17, 15) is 8.42 Å². The largest absolute Gasteiger partial charge is 0.304 e. The predicted molar refractivity (Wildman–Crippen MR) is 57.9 cm³/mol. The Bertz CT molecular complexity index is 470. The number of nitrogens with zero attached hydrogens (tertiary/aromatic N) is 1. The first kappa shape index (κ1) is 10.6. The molecule has 0 saturated carbocycles. The summed E-state index contributed by atoms with van der Waals surface area (Å²) in [7, 11) is 0.0609. The third kappa shape index (κ3) is 1.56. The van der Waals surface area contributed by atoms with Gasteiger partial charge in [0, 0.05) is 13.5 Å². The van der Waals surface area contributed by atoms with Crippen LogP contribution in [0.2, 0.25) is 0 Å². The van der Waals surface area contributed by atoms with Crippen molar-refractivity contribution in [2.75, 3.05) is 14.1 Å². The smallest absolute Gasteiger partial charge is 0.244 e. The molecule has 0 radical (unpaired) electrons. The van der Waals surface area contributed by atoms with Crippen LogP contribution < -0.4 is 5.32 Å². The minimum absolute atomic E-state index is 0.148. The van der Waals surface area contributed by atoms with Crippen molar-refractivity contribution in [3.8, 4) is 0 Å². The Morgan fingerprint density at radius 1 is 1.40 bits per heavy atom. The van der Waals surface area contributed by atoms with Crippen molar-refractivity contribution in [2.45, 2.75) is 17.5 Å². The molecular formula is C10H14N2O2S. The van der Waals surface area contributed by atoms with Crippen LogP contribution >= 0.6 is 0 Å². The fraction of sp³-hybridized carbons (Fsp3) is 0.400. The fourth-order valence-corrected chi connectivity index (χ4v) is 3.43. The number of sulfonamides is 1. The van der Waals surface area contributed by atoms with E-state index >= 15 is 0 Å². The summed E-state index contributed by atoms with van der Waals surface area (Å²) in [5, 5.41) is 3.00. The SMILES string of the molecule is CNC1Cc2ccccc2S(=O)(=O)N1C. The molecule has 4 nitrogen and oxygen atoms in total. The molecule has 1 heterocycles. The van der Waals surface area contributed by atoms with Gasteiger partial charge < -0.3 is 5.32 Å². The molecule has 0 amide bonds. The second-order valence-electron chi connectivity index (χ2n) is 3.64. The van der Waals surface area contributed by atoms with Crippen molar-refractivity contribution in [3.05, 3.63) is 29.8 Å². The second-order valence-corrected chi connectivity index (χ2v) is 5.60. The highest BCUT2D eigenvalue weighted by molar-refractivity contribution is 7.89. The zero-order valence-electron chi connectivity index (χ0n) is 8.77. The summed E-state index contributed by atoms with van der Waals surface area (Å²) in [6, 6.07) is 7.15. The highest BCUT2D eigenvalue weighted by Gasteiger charge is 2.34. The lowest BCUT2D eigenvalue weighted by atomic mass is 10.1. The Labute approximate surface area is 90.0 Å². The number of hydrogen-bond donors (Lipinski definition) is 1. The van der Waals surface area contributed by atoms with Crippen LogP contribution in [0.25, 0.3) is 0 Å². The van der Waals surface area contributed by atoms with Crippen molar-refractivity contribution < 1.29 is 8.42 Å². The van der Waals surface area contributed by atoms with Gasteiger partial charge in [-0.3, -0.25) is 0 Å². The molecule has 82 valence electrons. The molecule has 0 aliphatic carbocycles. The molecule has 1 unspecified atom stereocenters. The molecule has 0 fully saturated rings. The Morgan fingerprint density at radius 2 is 2.07 bits per heavy atom. The summed E-state index contributed by atoms with van der Waals surface area (Å²) in [6.07, 6.45) is 0.562. The van der Waals surface area contributed by atoms with E-state index in [0.29, 0.717) is 11.3 Å². The zero-order valence-corrected chi connectivity index (χ0v) is 9.58. The van der Waals surface area contributed by atoms with Crippen molar-refractivity contribution >= 4 is 10.0 Å². The molecular weight excluding hydrogens is 212 g/mol. The van der Waals surface area contributed by atoms with E-state index in [2.05, 4.69) is 5.32 Å². The van der Waals surface area contributed by atoms with Crippen LogP contribution in [-0.2, 0) is 16.4 Å². The summed E-state index contributed by atoms with van der Waals surface area (Å²) in [4.78, 5) is 0.430.